The first kappa shape index (κ1) is 19.7. The predicted molar refractivity (Wildman–Crippen MR) is 103 cm³/mol. The zero-order valence-corrected chi connectivity index (χ0v) is 15.4. The third kappa shape index (κ3) is 5.98. The zero-order chi connectivity index (χ0) is 20.0. The number of aliphatic imine (C=N–C) groups is 1. The van der Waals surface area contributed by atoms with Gasteiger partial charge in [-0.1, -0.05) is 42.5 Å². The van der Waals surface area contributed by atoms with Crippen molar-refractivity contribution in [2.75, 3.05) is 0 Å². The second-order valence-corrected chi connectivity index (χ2v) is 6.68. The molecule has 3 rings (SSSR count). The van der Waals surface area contributed by atoms with Crippen LogP contribution in [0.3, 0.4) is 0 Å². The first-order valence-corrected chi connectivity index (χ1v) is 9.15. The van der Waals surface area contributed by atoms with Crippen molar-refractivity contribution in [1.29, 1.82) is 0 Å². The first-order chi connectivity index (χ1) is 13.4. The number of aromatic nitrogens is 1. The Labute approximate surface area is 163 Å². The van der Waals surface area contributed by atoms with Crippen molar-refractivity contribution in [1.82, 2.24) is 10.3 Å². The van der Waals surface area contributed by atoms with Gasteiger partial charge in [0.2, 0.25) is 0 Å². The monoisotopic (exact) mass is 406 g/mol. The largest absolute Gasteiger partial charge is 0.573 e. The van der Waals surface area contributed by atoms with Gasteiger partial charge in [-0.2, -0.15) is 0 Å². The number of ether oxygens (including phenoxy) is 1. The third-order valence-electron chi connectivity index (χ3n) is 3.63. The number of hydrogen-bond donors (Lipinski definition) is 2. The summed E-state index contributed by atoms with van der Waals surface area (Å²) in [5, 5.41) is 5.82. The third-order valence-corrected chi connectivity index (χ3v) is 4.48. The summed E-state index contributed by atoms with van der Waals surface area (Å²) in [6, 6.07) is 15.3. The van der Waals surface area contributed by atoms with Gasteiger partial charge >= 0.3 is 6.36 Å². The van der Waals surface area contributed by atoms with Crippen LogP contribution in [-0.4, -0.2) is 17.3 Å². The highest BCUT2D eigenvalue weighted by Gasteiger charge is 2.30. The highest BCUT2D eigenvalue weighted by molar-refractivity contribution is 7.09. The van der Waals surface area contributed by atoms with Crippen LogP contribution in [0, 0.1) is 0 Å². The van der Waals surface area contributed by atoms with Gasteiger partial charge in [0.05, 0.1) is 18.8 Å². The number of nitrogens with zero attached hydrogens (tertiary/aromatic N) is 2. The minimum Gasteiger partial charge on any atom is -0.406 e. The van der Waals surface area contributed by atoms with Crippen LogP contribution >= 0.6 is 11.3 Å². The van der Waals surface area contributed by atoms with Crippen LogP contribution in [0.15, 0.2) is 65.0 Å². The van der Waals surface area contributed by atoms with E-state index in [2.05, 4.69) is 20.0 Å². The number of thiazole rings is 1. The Morgan fingerprint density at radius 1 is 1.11 bits per heavy atom. The van der Waals surface area contributed by atoms with Crippen LogP contribution in [-0.2, 0) is 13.1 Å². The van der Waals surface area contributed by atoms with Crippen LogP contribution in [0.5, 0.6) is 5.75 Å². The highest BCUT2D eigenvalue weighted by atomic mass is 32.1. The smallest absolute Gasteiger partial charge is 0.406 e. The van der Waals surface area contributed by atoms with E-state index in [1.54, 1.807) is 0 Å². The van der Waals surface area contributed by atoms with Crippen molar-refractivity contribution in [2.45, 2.75) is 19.5 Å². The molecule has 0 atom stereocenters. The van der Waals surface area contributed by atoms with E-state index >= 15 is 0 Å². The Bertz CT molecular complexity index is 924. The Kier molecular flexibility index (Phi) is 6.15. The molecule has 28 heavy (non-hydrogen) atoms. The number of rotatable bonds is 6. The summed E-state index contributed by atoms with van der Waals surface area (Å²) < 4.78 is 40.3. The molecule has 146 valence electrons. The van der Waals surface area contributed by atoms with Crippen molar-refractivity contribution < 1.29 is 17.9 Å². The number of alkyl halides is 3. The highest BCUT2D eigenvalue weighted by Crippen LogP contribution is 2.23. The van der Waals surface area contributed by atoms with Crippen LogP contribution in [0.25, 0.3) is 11.3 Å². The second-order valence-electron chi connectivity index (χ2n) is 5.74. The average Bonchev–Trinajstić information content (AvgIpc) is 3.14. The number of benzene rings is 2. The first-order valence-electron chi connectivity index (χ1n) is 8.27. The molecule has 0 spiro atoms. The molecular formula is C19H17F3N4OS. The molecule has 0 radical (unpaired) electrons. The summed E-state index contributed by atoms with van der Waals surface area (Å²) in [4.78, 5) is 8.73. The molecule has 9 heteroatoms. The molecule has 1 heterocycles. The lowest BCUT2D eigenvalue weighted by molar-refractivity contribution is -0.274. The topological polar surface area (TPSA) is 72.5 Å². The SMILES string of the molecule is NC(=NCc1ccc(OC(F)(F)F)cc1)NCc1nc(-c2ccccc2)cs1. The molecule has 0 aliphatic rings. The molecule has 1 aromatic heterocycles. The molecule has 0 amide bonds. The van der Waals surface area contributed by atoms with Gasteiger partial charge in [-0.3, -0.25) is 0 Å². The lowest BCUT2D eigenvalue weighted by atomic mass is 10.2. The average molecular weight is 406 g/mol. The minimum atomic E-state index is -4.70. The van der Waals surface area contributed by atoms with E-state index in [0.717, 1.165) is 16.3 Å². The van der Waals surface area contributed by atoms with Crippen molar-refractivity contribution in [3.63, 3.8) is 0 Å². The normalized spacial score (nSPS) is 12.0. The number of guanidine groups is 1. The molecule has 5 nitrogen and oxygen atoms in total. The van der Waals surface area contributed by atoms with Crippen LogP contribution in [0.2, 0.25) is 0 Å². The fourth-order valence-corrected chi connectivity index (χ4v) is 3.07. The van der Waals surface area contributed by atoms with Gasteiger partial charge in [0, 0.05) is 10.9 Å². The number of nitrogens with one attached hydrogen (secondary N) is 1. The zero-order valence-electron chi connectivity index (χ0n) is 14.6. The Morgan fingerprint density at radius 3 is 2.50 bits per heavy atom. The standard InChI is InChI=1S/C19H17F3N4OS/c20-19(21,22)27-15-8-6-13(7-9-15)10-24-18(23)25-11-17-26-16(12-28-17)14-4-2-1-3-5-14/h1-9,12H,10-11H2,(H3,23,24,25). The van der Waals surface area contributed by atoms with Crippen LogP contribution in [0.1, 0.15) is 10.6 Å². The maximum absolute atomic E-state index is 12.1. The maximum Gasteiger partial charge on any atom is 0.573 e. The summed E-state index contributed by atoms with van der Waals surface area (Å²) >= 11 is 1.52. The summed E-state index contributed by atoms with van der Waals surface area (Å²) in [5.74, 6) is -0.0450. The van der Waals surface area contributed by atoms with Crippen LogP contribution < -0.4 is 15.8 Å². The Balaban J connectivity index is 1.50. The van der Waals surface area contributed by atoms with Gasteiger partial charge in [0.15, 0.2) is 5.96 Å². The molecule has 0 aliphatic carbocycles. The van der Waals surface area contributed by atoms with E-state index in [9.17, 15) is 13.2 Å². The van der Waals surface area contributed by atoms with E-state index in [1.807, 2.05) is 35.7 Å². The lowest BCUT2D eigenvalue weighted by Crippen LogP contribution is -2.31. The molecule has 3 aromatic rings. The molecule has 0 aliphatic heterocycles. The van der Waals surface area contributed by atoms with Gasteiger partial charge < -0.3 is 15.8 Å². The van der Waals surface area contributed by atoms with Crippen molar-refractivity contribution in [3.05, 3.63) is 70.5 Å². The van der Waals surface area contributed by atoms with Gasteiger partial charge in [-0.25, -0.2) is 9.98 Å². The van der Waals surface area contributed by atoms with Gasteiger partial charge in [-0.15, -0.1) is 24.5 Å². The molecule has 0 bridgehead atoms. The van der Waals surface area contributed by atoms with E-state index in [0.29, 0.717) is 12.1 Å². The quantitative estimate of drug-likeness (QED) is 0.473. The van der Waals surface area contributed by atoms with Gasteiger partial charge in [0.25, 0.3) is 0 Å². The van der Waals surface area contributed by atoms with E-state index in [4.69, 9.17) is 5.73 Å². The fraction of sp³-hybridized carbons (Fsp3) is 0.158. The summed E-state index contributed by atoms with van der Waals surface area (Å²) in [6.07, 6.45) is -4.70. The summed E-state index contributed by atoms with van der Waals surface area (Å²) in [6.45, 7) is 0.670. The van der Waals surface area contributed by atoms with Gasteiger partial charge in [-0.05, 0) is 17.7 Å². The Hall–Kier alpha value is -3.07. The molecule has 0 unspecified atom stereocenters. The Morgan fingerprint density at radius 2 is 1.82 bits per heavy atom. The molecule has 2 aromatic carbocycles. The van der Waals surface area contributed by atoms with Gasteiger partial charge in [0.1, 0.15) is 10.8 Å². The van der Waals surface area contributed by atoms with E-state index in [-0.39, 0.29) is 18.3 Å². The number of nitrogens with two attached hydrogens (primary N) is 1. The molecule has 0 saturated carbocycles. The molecule has 3 N–H and O–H groups in total. The lowest BCUT2D eigenvalue weighted by Gasteiger charge is -2.09. The van der Waals surface area contributed by atoms with Crippen molar-refractivity contribution in [3.8, 4) is 17.0 Å². The van der Waals surface area contributed by atoms with Crippen molar-refractivity contribution in [2.24, 2.45) is 10.7 Å². The number of hydrogen-bond acceptors (Lipinski definition) is 4. The fourth-order valence-electron chi connectivity index (χ4n) is 2.33. The van der Waals surface area contributed by atoms with E-state index in [1.165, 1.54) is 35.6 Å². The summed E-state index contributed by atoms with van der Waals surface area (Å²) in [5.41, 5.74) is 8.50. The van der Waals surface area contributed by atoms with Crippen LogP contribution in [0.4, 0.5) is 13.2 Å². The summed E-state index contributed by atoms with van der Waals surface area (Å²) in [7, 11) is 0. The maximum atomic E-state index is 12.1. The second kappa shape index (κ2) is 8.75. The number of halogens is 3. The predicted octanol–water partition coefficient (Wildman–Crippen LogP) is 4.31. The molecule has 0 saturated heterocycles. The molecule has 0 fully saturated rings. The van der Waals surface area contributed by atoms with Crippen molar-refractivity contribution >= 4 is 17.3 Å². The molecular weight excluding hydrogens is 389 g/mol. The van der Waals surface area contributed by atoms with E-state index < -0.39 is 6.36 Å². The minimum absolute atomic E-state index is 0.229.